The summed E-state index contributed by atoms with van der Waals surface area (Å²) in [4.78, 5) is 11.0. The number of nitrogens with zero attached hydrogens (tertiary/aromatic N) is 2. The summed E-state index contributed by atoms with van der Waals surface area (Å²) in [5.41, 5.74) is 0.488. The van der Waals surface area contributed by atoms with E-state index in [0.29, 0.717) is 5.69 Å². The van der Waals surface area contributed by atoms with E-state index in [2.05, 4.69) is 17.1 Å². The smallest absolute Gasteiger partial charge is 0.269 e. The van der Waals surface area contributed by atoms with Gasteiger partial charge in [-0.05, 0) is 12.1 Å². The van der Waals surface area contributed by atoms with Gasteiger partial charge >= 0.3 is 0 Å². The zero-order valence-electron chi connectivity index (χ0n) is 6.24. The Bertz CT molecular complexity index is 277. The van der Waals surface area contributed by atoms with Gasteiger partial charge in [0.05, 0.1) is 0 Å². The number of carbonyl (C=O) groups is 1. The van der Waals surface area contributed by atoms with Gasteiger partial charge in [0, 0.05) is 20.0 Å². The molecule has 0 fully saturated rings. The van der Waals surface area contributed by atoms with Gasteiger partial charge in [-0.3, -0.25) is 4.79 Å². The molecule has 1 amide bonds. The molecule has 4 nitrogen and oxygen atoms in total. The number of hydrogen-bond acceptors (Lipinski definition) is 2. The fourth-order valence-electron chi connectivity index (χ4n) is 0.803. The molecule has 4 heteroatoms. The van der Waals surface area contributed by atoms with Crippen molar-refractivity contribution in [3.8, 4) is 0 Å². The van der Waals surface area contributed by atoms with Crippen LogP contribution in [0.3, 0.4) is 0 Å². The number of aromatic nitrogens is 1. The molecule has 0 saturated heterocycles. The molecule has 0 bridgehead atoms. The summed E-state index contributed by atoms with van der Waals surface area (Å²) < 4.78 is 1.42. The van der Waals surface area contributed by atoms with Crippen LogP contribution in [0.5, 0.6) is 0 Å². The van der Waals surface area contributed by atoms with Gasteiger partial charge in [-0.1, -0.05) is 0 Å². The lowest BCUT2D eigenvalue weighted by atomic mass is 10.4. The molecule has 1 heterocycles. The van der Waals surface area contributed by atoms with Crippen LogP contribution >= 0.6 is 0 Å². The van der Waals surface area contributed by atoms with Crippen LogP contribution in [-0.2, 0) is 0 Å². The second-order valence-electron chi connectivity index (χ2n) is 1.96. The Balaban J connectivity index is 3.01. The van der Waals surface area contributed by atoms with Gasteiger partial charge < -0.3 is 5.32 Å². The van der Waals surface area contributed by atoms with Crippen molar-refractivity contribution in [2.24, 2.45) is 5.10 Å². The lowest BCUT2D eigenvalue weighted by molar-refractivity contribution is 0.0955. The minimum atomic E-state index is -0.164. The molecule has 11 heavy (non-hydrogen) atoms. The third-order valence-electron chi connectivity index (χ3n) is 1.34. The number of rotatable bonds is 2. The molecule has 0 saturated carbocycles. The zero-order chi connectivity index (χ0) is 8.27. The van der Waals surface area contributed by atoms with Crippen LogP contribution in [0.25, 0.3) is 0 Å². The van der Waals surface area contributed by atoms with Gasteiger partial charge in [-0.15, -0.1) is 0 Å². The summed E-state index contributed by atoms with van der Waals surface area (Å²) >= 11 is 0. The minimum absolute atomic E-state index is 0.164. The topological polar surface area (TPSA) is 46.4 Å². The molecule has 1 N–H and O–H groups in total. The van der Waals surface area contributed by atoms with Gasteiger partial charge in [0.2, 0.25) is 0 Å². The van der Waals surface area contributed by atoms with Crippen molar-refractivity contribution in [2.75, 3.05) is 7.05 Å². The van der Waals surface area contributed by atoms with Crippen LogP contribution < -0.4 is 5.32 Å². The number of carbonyl (C=O) groups excluding carboxylic acids is 1. The minimum Gasteiger partial charge on any atom is -0.354 e. The highest BCUT2D eigenvalue weighted by atomic mass is 16.1. The number of nitrogens with one attached hydrogen (secondary N) is 1. The summed E-state index contributed by atoms with van der Waals surface area (Å²) in [5, 5.41) is 6.10. The Kier molecular flexibility index (Phi) is 2.06. The summed E-state index contributed by atoms with van der Waals surface area (Å²) in [6.07, 6.45) is 1.66. The number of hydrogen-bond donors (Lipinski definition) is 1. The fraction of sp³-hybridized carbons (Fsp3) is 0.143. The summed E-state index contributed by atoms with van der Waals surface area (Å²) in [6, 6.07) is 3.41. The Morgan fingerprint density at radius 1 is 1.82 bits per heavy atom. The molecule has 0 aliphatic rings. The molecule has 0 aliphatic heterocycles. The highest BCUT2D eigenvalue weighted by molar-refractivity contribution is 5.92. The largest absolute Gasteiger partial charge is 0.354 e. The lowest BCUT2D eigenvalue weighted by Crippen LogP contribution is -2.20. The van der Waals surface area contributed by atoms with Crippen molar-refractivity contribution in [3.63, 3.8) is 0 Å². The van der Waals surface area contributed by atoms with Crippen LogP contribution in [0.15, 0.2) is 23.4 Å². The first kappa shape index (κ1) is 7.53. The maximum atomic E-state index is 11.0. The summed E-state index contributed by atoms with van der Waals surface area (Å²) in [7, 11) is 1.57. The molecule has 0 aliphatic carbocycles. The third-order valence-corrected chi connectivity index (χ3v) is 1.34. The molecule has 0 unspecified atom stereocenters. The Labute approximate surface area is 64.5 Å². The highest BCUT2D eigenvalue weighted by Crippen LogP contribution is 2.00. The second-order valence-corrected chi connectivity index (χ2v) is 1.96. The monoisotopic (exact) mass is 151 g/mol. The van der Waals surface area contributed by atoms with Crippen LogP contribution in [0.1, 0.15) is 10.5 Å². The molecule has 1 aromatic rings. The van der Waals surface area contributed by atoms with E-state index in [4.69, 9.17) is 0 Å². The molecular weight excluding hydrogens is 142 g/mol. The predicted octanol–water partition coefficient (Wildman–Crippen LogP) is 0.311. The van der Waals surface area contributed by atoms with Crippen LogP contribution in [0, 0.1) is 0 Å². The molecule has 0 spiro atoms. The van der Waals surface area contributed by atoms with Crippen molar-refractivity contribution in [3.05, 3.63) is 24.0 Å². The van der Waals surface area contributed by atoms with E-state index < -0.39 is 0 Å². The first-order valence-electron chi connectivity index (χ1n) is 3.16. The lowest BCUT2D eigenvalue weighted by Gasteiger charge is -1.99. The quantitative estimate of drug-likeness (QED) is 0.607. The van der Waals surface area contributed by atoms with E-state index in [9.17, 15) is 4.79 Å². The SMILES string of the molecule is C=Nn1cccc1C(=O)NC. The maximum Gasteiger partial charge on any atom is 0.269 e. The standard InChI is InChI=1S/C7H9N3O/c1-8-7(11)6-4-3-5-10(6)9-2/h3-5H,2H2,1H3,(H,8,11). The van der Waals surface area contributed by atoms with Crippen LogP contribution in [0.4, 0.5) is 0 Å². The van der Waals surface area contributed by atoms with Crippen molar-refractivity contribution in [2.45, 2.75) is 0 Å². The maximum absolute atomic E-state index is 11.0. The van der Waals surface area contributed by atoms with E-state index in [1.54, 1.807) is 25.4 Å². The molecule has 58 valence electrons. The van der Waals surface area contributed by atoms with E-state index >= 15 is 0 Å². The summed E-state index contributed by atoms with van der Waals surface area (Å²) in [5.74, 6) is -0.164. The fourth-order valence-corrected chi connectivity index (χ4v) is 0.803. The van der Waals surface area contributed by atoms with Crippen LogP contribution in [-0.4, -0.2) is 24.3 Å². The van der Waals surface area contributed by atoms with Gasteiger partial charge in [-0.2, -0.15) is 5.10 Å². The molecule has 0 radical (unpaired) electrons. The van der Waals surface area contributed by atoms with Crippen molar-refractivity contribution < 1.29 is 4.79 Å². The van der Waals surface area contributed by atoms with Gasteiger partial charge in [0.1, 0.15) is 5.69 Å². The van der Waals surface area contributed by atoms with Crippen molar-refractivity contribution in [1.82, 2.24) is 9.99 Å². The van der Waals surface area contributed by atoms with E-state index in [0.717, 1.165) is 0 Å². The van der Waals surface area contributed by atoms with E-state index in [1.807, 2.05) is 0 Å². The van der Waals surface area contributed by atoms with Gasteiger partial charge in [0.15, 0.2) is 0 Å². The average molecular weight is 151 g/mol. The Morgan fingerprint density at radius 2 is 2.55 bits per heavy atom. The van der Waals surface area contributed by atoms with Crippen molar-refractivity contribution in [1.29, 1.82) is 0 Å². The van der Waals surface area contributed by atoms with Crippen LogP contribution in [0.2, 0.25) is 0 Å². The molecule has 0 atom stereocenters. The first-order valence-corrected chi connectivity index (χ1v) is 3.16. The third kappa shape index (κ3) is 1.29. The molecule has 1 aromatic heterocycles. The Hall–Kier alpha value is -1.58. The highest BCUT2D eigenvalue weighted by Gasteiger charge is 2.06. The summed E-state index contributed by atoms with van der Waals surface area (Å²) in [6.45, 7) is 3.31. The second kappa shape index (κ2) is 3.01. The average Bonchev–Trinajstić information content (AvgIpc) is 2.50. The molecular formula is C7H9N3O. The number of amides is 1. The van der Waals surface area contributed by atoms with Gasteiger partial charge in [-0.25, -0.2) is 4.68 Å². The normalized spacial score (nSPS) is 9.18. The first-order chi connectivity index (χ1) is 5.29. The van der Waals surface area contributed by atoms with Gasteiger partial charge in [0.25, 0.3) is 5.91 Å². The molecule has 0 aromatic carbocycles. The Morgan fingerprint density at radius 3 is 3.09 bits per heavy atom. The van der Waals surface area contributed by atoms with E-state index in [1.165, 1.54) is 4.68 Å². The predicted molar refractivity (Wildman–Crippen MR) is 42.8 cm³/mol. The zero-order valence-corrected chi connectivity index (χ0v) is 6.24. The van der Waals surface area contributed by atoms with E-state index in [-0.39, 0.29) is 5.91 Å². The molecule has 1 rings (SSSR count). The van der Waals surface area contributed by atoms with Crippen molar-refractivity contribution >= 4 is 12.6 Å².